The minimum absolute atomic E-state index is 0.110. The van der Waals surface area contributed by atoms with Gasteiger partial charge in [-0.15, -0.1) is 0 Å². The van der Waals surface area contributed by atoms with Crippen molar-refractivity contribution in [3.05, 3.63) is 57.8 Å². The maximum atomic E-state index is 13.2. The zero-order valence-electron chi connectivity index (χ0n) is 9.38. The highest BCUT2D eigenvalue weighted by Gasteiger charge is 2.18. The van der Waals surface area contributed by atoms with Crippen molar-refractivity contribution < 1.29 is 13.6 Å². The predicted octanol–water partition coefficient (Wildman–Crippen LogP) is 3.92. The second kappa shape index (κ2) is 4.34. The standard InChI is InChI=1S/C13H10ClFO2/c1-7-5-10(11(14)6-12(7)15)13(16)9-3-4-17-8(9)2/h3-6H,1-2H3. The molecule has 1 aromatic heterocycles. The first kappa shape index (κ1) is 11.9. The van der Waals surface area contributed by atoms with Crippen LogP contribution in [-0.4, -0.2) is 5.78 Å². The van der Waals surface area contributed by atoms with Crippen LogP contribution in [0.5, 0.6) is 0 Å². The van der Waals surface area contributed by atoms with Crippen LogP contribution >= 0.6 is 11.6 Å². The van der Waals surface area contributed by atoms with E-state index in [-0.39, 0.29) is 16.4 Å². The lowest BCUT2D eigenvalue weighted by molar-refractivity contribution is 0.103. The third-order valence-corrected chi connectivity index (χ3v) is 2.91. The highest BCUT2D eigenvalue weighted by Crippen LogP contribution is 2.24. The number of ketones is 1. The molecular formula is C13H10ClFO2. The summed E-state index contributed by atoms with van der Waals surface area (Å²) in [5.74, 6) is -0.159. The molecule has 4 heteroatoms. The van der Waals surface area contributed by atoms with E-state index >= 15 is 0 Å². The third-order valence-electron chi connectivity index (χ3n) is 2.60. The quantitative estimate of drug-likeness (QED) is 0.759. The van der Waals surface area contributed by atoms with Gasteiger partial charge in [-0.3, -0.25) is 4.79 Å². The lowest BCUT2D eigenvalue weighted by atomic mass is 10.0. The van der Waals surface area contributed by atoms with Crippen molar-refractivity contribution >= 4 is 17.4 Å². The number of rotatable bonds is 2. The SMILES string of the molecule is Cc1cc(C(=O)c2ccoc2C)c(Cl)cc1F. The van der Waals surface area contributed by atoms with Gasteiger partial charge < -0.3 is 4.42 Å². The second-order valence-electron chi connectivity index (χ2n) is 3.80. The van der Waals surface area contributed by atoms with Gasteiger partial charge in [-0.1, -0.05) is 11.6 Å². The van der Waals surface area contributed by atoms with Crippen LogP contribution < -0.4 is 0 Å². The normalized spacial score (nSPS) is 10.6. The molecule has 88 valence electrons. The van der Waals surface area contributed by atoms with Crippen LogP contribution in [0.3, 0.4) is 0 Å². The number of furan rings is 1. The first-order valence-electron chi connectivity index (χ1n) is 5.05. The summed E-state index contributed by atoms with van der Waals surface area (Å²) < 4.78 is 18.3. The number of hydrogen-bond donors (Lipinski definition) is 0. The van der Waals surface area contributed by atoms with Crippen molar-refractivity contribution in [1.82, 2.24) is 0 Å². The van der Waals surface area contributed by atoms with Crippen molar-refractivity contribution in [3.63, 3.8) is 0 Å². The van der Waals surface area contributed by atoms with Crippen LogP contribution in [0.1, 0.15) is 27.2 Å². The van der Waals surface area contributed by atoms with Crippen molar-refractivity contribution in [2.45, 2.75) is 13.8 Å². The predicted molar refractivity (Wildman–Crippen MR) is 63.0 cm³/mol. The molecule has 0 aliphatic carbocycles. The molecule has 2 rings (SSSR count). The Hall–Kier alpha value is -1.61. The Morgan fingerprint density at radius 3 is 2.59 bits per heavy atom. The highest BCUT2D eigenvalue weighted by atomic mass is 35.5. The molecule has 2 aromatic rings. The monoisotopic (exact) mass is 252 g/mol. The van der Waals surface area contributed by atoms with Crippen molar-refractivity contribution in [3.8, 4) is 0 Å². The Labute approximate surface area is 103 Å². The molecule has 0 aliphatic heterocycles. The Morgan fingerprint density at radius 2 is 2.00 bits per heavy atom. The van der Waals surface area contributed by atoms with E-state index in [9.17, 15) is 9.18 Å². The van der Waals surface area contributed by atoms with E-state index in [0.717, 1.165) is 6.07 Å². The van der Waals surface area contributed by atoms with E-state index in [4.69, 9.17) is 16.0 Å². The molecule has 0 saturated carbocycles. The van der Waals surface area contributed by atoms with Crippen LogP contribution in [0.25, 0.3) is 0 Å². The van der Waals surface area contributed by atoms with Crippen molar-refractivity contribution in [2.24, 2.45) is 0 Å². The van der Waals surface area contributed by atoms with E-state index in [1.165, 1.54) is 12.3 Å². The molecule has 0 bridgehead atoms. The molecule has 0 amide bonds. The molecule has 1 heterocycles. The number of halogens is 2. The molecule has 0 N–H and O–H groups in total. The fourth-order valence-electron chi connectivity index (χ4n) is 1.60. The summed E-state index contributed by atoms with van der Waals surface area (Å²) in [6.45, 7) is 3.28. The summed E-state index contributed by atoms with van der Waals surface area (Å²) in [4.78, 5) is 12.1. The summed E-state index contributed by atoms with van der Waals surface area (Å²) >= 11 is 5.87. The fourth-order valence-corrected chi connectivity index (χ4v) is 1.83. The summed E-state index contributed by atoms with van der Waals surface area (Å²) in [5, 5.41) is 0.110. The topological polar surface area (TPSA) is 30.2 Å². The van der Waals surface area contributed by atoms with Gasteiger partial charge in [0.2, 0.25) is 0 Å². The molecule has 0 radical (unpaired) electrons. The molecule has 0 aliphatic rings. The largest absolute Gasteiger partial charge is 0.469 e. The lowest BCUT2D eigenvalue weighted by Crippen LogP contribution is -2.03. The maximum absolute atomic E-state index is 13.2. The molecule has 0 atom stereocenters. The van der Waals surface area contributed by atoms with Crippen LogP contribution in [0.2, 0.25) is 5.02 Å². The van der Waals surface area contributed by atoms with Crippen LogP contribution in [-0.2, 0) is 0 Å². The van der Waals surface area contributed by atoms with Gasteiger partial charge in [-0.2, -0.15) is 0 Å². The Bertz CT molecular complexity index is 587. The minimum Gasteiger partial charge on any atom is -0.469 e. The molecule has 0 fully saturated rings. The fraction of sp³-hybridized carbons (Fsp3) is 0.154. The first-order chi connectivity index (χ1) is 8.00. The Balaban J connectivity index is 2.52. The smallest absolute Gasteiger partial charge is 0.198 e. The van der Waals surface area contributed by atoms with E-state index in [1.807, 2.05) is 0 Å². The lowest BCUT2D eigenvalue weighted by Gasteiger charge is -2.05. The van der Waals surface area contributed by atoms with Crippen molar-refractivity contribution in [2.75, 3.05) is 0 Å². The summed E-state index contributed by atoms with van der Waals surface area (Å²) in [5.41, 5.74) is 1.12. The molecule has 0 saturated heterocycles. The minimum atomic E-state index is -0.421. The zero-order valence-corrected chi connectivity index (χ0v) is 10.1. The molecule has 1 aromatic carbocycles. The summed E-state index contributed by atoms with van der Waals surface area (Å²) in [6.07, 6.45) is 1.44. The molecule has 0 unspecified atom stereocenters. The average Bonchev–Trinajstić information content (AvgIpc) is 2.69. The number of benzene rings is 1. The first-order valence-corrected chi connectivity index (χ1v) is 5.43. The summed E-state index contributed by atoms with van der Waals surface area (Å²) in [6, 6.07) is 4.18. The van der Waals surface area contributed by atoms with Gasteiger partial charge in [0.05, 0.1) is 16.8 Å². The van der Waals surface area contributed by atoms with E-state index < -0.39 is 5.82 Å². The van der Waals surface area contributed by atoms with Gasteiger partial charge in [0.25, 0.3) is 0 Å². The maximum Gasteiger partial charge on any atom is 0.198 e. The second-order valence-corrected chi connectivity index (χ2v) is 4.21. The molecule has 2 nitrogen and oxygen atoms in total. The van der Waals surface area contributed by atoms with Crippen LogP contribution in [0.15, 0.2) is 28.9 Å². The number of carbonyl (C=O) groups is 1. The zero-order chi connectivity index (χ0) is 12.6. The highest BCUT2D eigenvalue weighted by molar-refractivity contribution is 6.35. The van der Waals surface area contributed by atoms with Gasteiger partial charge in [-0.25, -0.2) is 4.39 Å². The van der Waals surface area contributed by atoms with E-state index in [1.54, 1.807) is 19.9 Å². The van der Waals surface area contributed by atoms with Crippen molar-refractivity contribution in [1.29, 1.82) is 0 Å². The van der Waals surface area contributed by atoms with Gasteiger partial charge in [0.1, 0.15) is 11.6 Å². The van der Waals surface area contributed by atoms with E-state index in [2.05, 4.69) is 0 Å². The van der Waals surface area contributed by atoms with Gasteiger partial charge in [-0.05, 0) is 37.6 Å². The van der Waals surface area contributed by atoms with Gasteiger partial charge in [0, 0.05) is 5.56 Å². The molecule has 17 heavy (non-hydrogen) atoms. The van der Waals surface area contributed by atoms with Gasteiger partial charge >= 0.3 is 0 Å². The molecule has 0 spiro atoms. The number of carbonyl (C=O) groups excluding carboxylic acids is 1. The van der Waals surface area contributed by atoms with Gasteiger partial charge in [0.15, 0.2) is 5.78 Å². The van der Waals surface area contributed by atoms with E-state index in [0.29, 0.717) is 16.9 Å². The average molecular weight is 253 g/mol. The summed E-state index contributed by atoms with van der Waals surface area (Å²) in [7, 11) is 0. The van der Waals surface area contributed by atoms with Crippen LogP contribution in [0.4, 0.5) is 4.39 Å². The Kier molecular flexibility index (Phi) is 3.03. The molecular weight excluding hydrogens is 243 g/mol. The van der Waals surface area contributed by atoms with Crippen LogP contribution in [0, 0.1) is 19.7 Å². The number of hydrogen-bond acceptors (Lipinski definition) is 2. The third kappa shape index (κ3) is 2.11. The number of aryl methyl sites for hydroxylation is 2. The Morgan fingerprint density at radius 1 is 1.29 bits per heavy atom.